The number of ketones is 1. The molecular formula is C29H37FN4O3. The number of hydrogen-bond donors (Lipinski definition) is 2. The molecule has 37 heavy (non-hydrogen) atoms. The molecule has 1 atom stereocenters. The average Bonchev–Trinajstić information content (AvgIpc) is 2.87. The first-order chi connectivity index (χ1) is 17.7. The number of benzene rings is 2. The van der Waals surface area contributed by atoms with Crippen LogP contribution in [0.3, 0.4) is 0 Å². The Balaban J connectivity index is 1.40. The van der Waals surface area contributed by atoms with E-state index in [1.807, 2.05) is 24.1 Å². The van der Waals surface area contributed by atoms with Crippen molar-refractivity contribution in [2.45, 2.75) is 51.0 Å². The van der Waals surface area contributed by atoms with E-state index < -0.39 is 5.54 Å². The maximum absolute atomic E-state index is 13.5. The second-order valence-corrected chi connectivity index (χ2v) is 10.7. The zero-order chi connectivity index (χ0) is 26.4. The lowest BCUT2D eigenvalue weighted by molar-refractivity contribution is -0.135. The minimum atomic E-state index is -0.629. The molecule has 2 aromatic rings. The third-order valence-corrected chi connectivity index (χ3v) is 7.65. The summed E-state index contributed by atoms with van der Waals surface area (Å²) in [6.07, 6.45) is 4.42. The Labute approximate surface area is 218 Å². The Bertz CT molecular complexity index is 1110. The van der Waals surface area contributed by atoms with Crippen molar-refractivity contribution in [3.63, 3.8) is 0 Å². The smallest absolute Gasteiger partial charge is 0.319 e. The molecule has 2 N–H and O–H groups in total. The molecule has 2 fully saturated rings. The van der Waals surface area contributed by atoms with Crippen LogP contribution in [0.15, 0.2) is 48.5 Å². The van der Waals surface area contributed by atoms with Gasteiger partial charge in [0.1, 0.15) is 5.82 Å². The molecule has 198 valence electrons. The number of anilines is 1. The number of piperidine rings is 2. The molecule has 0 saturated carbocycles. The topological polar surface area (TPSA) is 81.8 Å². The Morgan fingerprint density at radius 3 is 2.49 bits per heavy atom. The molecule has 3 amide bonds. The maximum Gasteiger partial charge on any atom is 0.319 e. The number of halogens is 1. The fourth-order valence-corrected chi connectivity index (χ4v) is 5.42. The Morgan fingerprint density at radius 2 is 1.78 bits per heavy atom. The number of hydrogen-bond acceptors (Lipinski definition) is 4. The van der Waals surface area contributed by atoms with E-state index >= 15 is 0 Å². The molecule has 7 nitrogen and oxygen atoms in total. The number of carbonyl (C=O) groups is 3. The first-order valence-electron chi connectivity index (χ1n) is 13.1. The molecule has 0 aliphatic carbocycles. The van der Waals surface area contributed by atoms with Crippen molar-refractivity contribution in [2.24, 2.45) is 5.92 Å². The molecule has 2 saturated heterocycles. The molecule has 0 spiro atoms. The van der Waals surface area contributed by atoms with Gasteiger partial charge in [0, 0.05) is 37.4 Å². The fraction of sp³-hybridized carbons (Fsp3) is 0.483. The SMILES string of the molecule is CC(=O)c1cccc(NC(=O)NC2(CC(=O)N3CCC[C@@H](Cc4ccc(F)cc4)C3)CCN(C)CC2)c1. The molecular weight excluding hydrogens is 471 g/mol. The van der Waals surface area contributed by atoms with Gasteiger partial charge in [-0.15, -0.1) is 0 Å². The lowest BCUT2D eigenvalue weighted by Gasteiger charge is -2.42. The number of amides is 3. The number of urea groups is 1. The summed E-state index contributed by atoms with van der Waals surface area (Å²) in [6.45, 7) is 4.47. The average molecular weight is 509 g/mol. The molecule has 0 unspecified atom stereocenters. The van der Waals surface area contributed by atoms with E-state index in [1.54, 1.807) is 24.3 Å². The van der Waals surface area contributed by atoms with Crippen LogP contribution in [-0.4, -0.2) is 66.3 Å². The first kappa shape index (κ1) is 26.8. The highest BCUT2D eigenvalue weighted by molar-refractivity contribution is 5.97. The third kappa shape index (κ3) is 7.38. The predicted molar refractivity (Wildman–Crippen MR) is 142 cm³/mol. The van der Waals surface area contributed by atoms with Crippen molar-refractivity contribution < 1.29 is 18.8 Å². The highest BCUT2D eigenvalue weighted by Gasteiger charge is 2.39. The van der Waals surface area contributed by atoms with Crippen molar-refractivity contribution >= 4 is 23.4 Å². The molecule has 2 aliphatic rings. The van der Waals surface area contributed by atoms with Crippen LogP contribution >= 0.6 is 0 Å². The van der Waals surface area contributed by atoms with Gasteiger partial charge < -0.3 is 20.4 Å². The maximum atomic E-state index is 13.5. The van der Waals surface area contributed by atoms with E-state index in [4.69, 9.17) is 0 Å². The normalized spacial score (nSPS) is 19.8. The Morgan fingerprint density at radius 1 is 1.05 bits per heavy atom. The largest absolute Gasteiger partial charge is 0.342 e. The summed E-state index contributed by atoms with van der Waals surface area (Å²) in [6, 6.07) is 13.1. The van der Waals surface area contributed by atoms with Crippen molar-refractivity contribution in [3.8, 4) is 0 Å². The Kier molecular flexibility index (Phi) is 8.59. The van der Waals surface area contributed by atoms with E-state index in [1.165, 1.54) is 19.1 Å². The van der Waals surface area contributed by atoms with Gasteiger partial charge in [0.2, 0.25) is 5.91 Å². The quantitative estimate of drug-likeness (QED) is 0.540. The van der Waals surface area contributed by atoms with Crippen molar-refractivity contribution in [3.05, 3.63) is 65.5 Å². The summed E-state index contributed by atoms with van der Waals surface area (Å²) in [5, 5.41) is 5.98. The van der Waals surface area contributed by atoms with Crippen LogP contribution in [0.1, 0.15) is 54.9 Å². The summed E-state index contributed by atoms with van der Waals surface area (Å²) in [7, 11) is 2.05. The minimum absolute atomic E-state index is 0.0623. The number of nitrogens with zero attached hydrogens (tertiary/aromatic N) is 2. The van der Waals surface area contributed by atoms with Gasteiger partial charge in [0.25, 0.3) is 0 Å². The van der Waals surface area contributed by atoms with Crippen LogP contribution in [0.4, 0.5) is 14.9 Å². The van der Waals surface area contributed by atoms with Gasteiger partial charge in [-0.2, -0.15) is 0 Å². The van der Waals surface area contributed by atoms with Gasteiger partial charge in [-0.3, -0.25) is 9.59 Å². The van der Waals surface area contributed by atoms with Crippen molar-refractivity contribution in [2.75, 3.05) is 38.5 Å². The second kappa shape index (κ2) is 11.9. The highest BCUT2D eigenvalue weighted by atomic mass is 19.1. The lowest BCUT2D eigenvalue weighted by Crippen LogP contribution is -2.58. The van der Waals surface area contributed by atoms with Crippen molar-refractivity contribution in [1.29, 1.82) is 0 Å². The van der Waals surface area contributed by atoms with Crippen LogP contribution in [0.2, 0.25) is 0 Å². The molecule has 0 bridgehead atoms. The summed E-state index contributed by atoms with van der Waals surface area (Å²) in [5.74, 6) is 0.0880. The van der Waals surface area contributed by atoms with Gasteiger partial charge in [-0.05, 0) is 81.8 Å². The number of carbonyl (C=O) groups excluding carboxylic acids is 3. The van der Waals surface area contributed by atoms with E-state index in [0.717, 1.165) is 44.5 Å². The summed E-state index contributed by atoms with van der Waals surface area (Å²) >= 11 is 0. The van der Waals surface area contributed by atoms with Crippen molar-refractivity contribution in [1.82, 2.24) is 15.1 Å². The van der Waals surface area contributed by atoms with Crippen LogP contribution in [0.5, 0.6) is 0 Å². The number of rotatable bonds is 7. The van der Waals surface area contributed by atoms with Gasteiger partial charge in [0.15, 0.2) is 5.78 Å². The molecule has 8 heteroatoms. The monoisotopic (exact) mass is 508 g/mol. The fourth-order valence-electron chi connectivity index (χ4n) is 5.42. The van der Waals surface area contributed by atoms with E-state index in [-0.39, 0.29) is 30.0 Å². The predicted octanol–water partition coefficient (Wildman–Crippen LogP) is 4.49. The van der Waals surface area contributed by atoms with Crippen LogP contribution in [0.25, 0.3) is 0 Å². The zero-order valence-corrected chi connectivity index (χ0v) is 21.8. The highest BCUT2D eigenvalue weighted by Crippen LogP contribution is 2.29. The van der Waals surface area contributed by atoms with Gasteiger partial charge in [0.05, 0.1) is 12.0 Å². The van der Waals surface area contributed by atoms with Gasteiger partial charge in [-0.25, -0.2) is 9.18 Å². The summed E-state index contributed by atoms with van der Waals surface area (Å²) in [5.41, 5.74) is 1.52. The molecule has 0 aromatic heterocycles. The number of Topliss-reactive ketones (excluding diaryl/α,β-unsaturated/α-hetero) is 1. The third-order valence-electron chi connectivity index (χ3n) is 7.65. The van der Waals surface area contributed by atoms with Gasteiger partial charge >= 0.3 is 6.03 Å². The standard InChI is InChI=1S/C29H37FN4O3/c1-21(35)24-6-3-7-26(18-24)31-28(37)32-29(12-15-33(2)16-13-29)19-27(36)34-14-4-5-23(20-34)17-22-8-10-25(30)11-9-22/h3,6-11,18,23H,4-5,12-17,19-20H2,1-2H3,(H2,31,32,37)/t23-/m0/s1. The second-order valence-electron chi connectivity index (χ2n) is 10.7. The summed E-state index contributed by atoms with van der Waals surface area (Å²) in [4.78, 5) is 42.4. The molecule has 4 rings (SSSR count). The molecule has 2 heterocycles. The van der Waals surface area contributed by atoms with Crippen LogP contribution < -0.4 is 10.6 Å². The van der Waals surface area contributed by atoms with Crippen LogP contribution in [0, 0.1) is 11.7 Å². The summed E-state index contributed by atoms with van der Waals surface area (Å²) < 4.78 is 13.3. The number of likely N-dealkylation sites (tertiary alicyclic amines) is 2. The molecule has 2 aliphatic heterocycles. The zero-order valence-electron chi connectivity index (χ0n) is 21.8. The first-order valence-corrected chi connectivity index (χ1v) is 13.1. The number of nitrogens with one attached hydrogen (secondary N) is 2. The van der Waals surface area contributed by atoms with E-state index in [2.05, 4.69) is 15.5 Å². The van der Waals surface area contributed by atoms with E-state index in [9.17, 15) is 18.8 Å². The minimum Gasteiger partial charge on any atom is -0.342 e. The van der Waals surface area contributed by atoms with E-state index in [0.29, 0.717) is 36.6 Å². The van der Waals surface area contributed by atoms with Crippen LogP contribution in [-0.2, 0) is 11.2 Å². The Hall–Kier alpha value is -3.26. The van der Waals surface area contributed by atoms with Gasteiger partial charge in [-0.1, -0.05) is 24.3 Å². The molecule has 2 aromatic carbocycles. The lowest BCUT2D eigenvalue weighted by atomic mass is 9.83. The molecule has 0 radical (unpaired) electrons.